The minimum absolute atomic E-state index is 0.00282. The molecule has 0 amide bonds. The van der Waals surface area contributed by atoms with Crippen molar-refractivity contribution in [3.63, 3.8) is 0 Å². The lowest BCUT2D eigenvalue weighted by Gasteiger charge is -2.34. The van der Waals surface area contributed by atoms with Crippen LogP contribution in [0.1, 0.15) is 26.2 Å². The molecule has 0 bridgehead atoms. The summed E-state index contributed by atoms with van der Waals surface area (Å²) in [6.45, 7) is 6.61. The molecule has 0 aromatic heterocycles. The molecule has 1 saturated heterocycles. The Hall–Kier alpha value is -1.71. The van der Waals surface area contributed by atoms with E-state index in [0.29, 0.717) is 39.1 Å². The molecular formula is C16H29N3O6. The second-order valence-electron chi connectivity index (χ2n) is 6.25. The second kappa shape index (κ2) is 12.6. The van der Waals surface area contributed by atoms with Gasteiger partial charge in [0.05, 0.1) is 6.54 Å². The van der Waals surface area contributed by atoms with Gasteiger partial charge < -0.3 is 14.6 Å². The minimum Gasteiger partial charge on any atom is -0.480 e. The number of aliphatic carboxylic acids is 1. The van der Waals surface area contributed by atoms with Crippen LogP contribution in [0.25, 0.3) is 0 Å². The van der Waals surface area contributed by atoms with Crippen molar-refractivity contribution in [3.05, 3.63) is 0 Å². The molecule has 0 aromatic carbocycles. The van der Waals surface area contributed by atoms with Gasteiger partial charge in [-0.3, -0.25) is 29.1 Å². The first-order valence-electron chi connectivity index (χ1n) is 8.58. The van der Waals surface area contributed by atoms with E-state index in [9.17, 15) is 14.4 Å². The Kier molecular flexibility index (Phi) is 10.8. The molecule has 1 unspecified atom stereocenters. The molecule has 1 atom stereocenters. The zero-order valence-corrected chi connectivity index (χ0v) is 14.8. The van der Waals surface area contributed by atoms with E-state index < -0.39 is 5.97 Å². The molecule has 1 rings (SSSR count). The van der Waals surface area contributed by atoms with E-state index in [-0.39, 0.29) is 26.0 Å². The van der Waals surface area contributed by atoms with Crippen LogP contribution in [0.2, 0.25) is 0 Å². The third-order valence-electron chi connectivity index (χ3n) is 4.29. The molecule has 0 radical (unpaired) electrons. The molecule has 1 aliphatic rings. The molecule has 1 fully saturated rings. The number of carbonyl (C=O) groups excluding carboxylic acids is 2. The average molecular weight is 359 g/mol. The maximum absolute atomic E-state index is 11.1. The molecule has 1 N–H and O–H groups in total. The molecule has 144 valence electrons. The topological polar surface area (TPSA) is 99.6 Å². The Morgan fingerprint density at radius 1 is 1.00 bits per heavy atom. The van der Waals surface area contributed by atoms with Gasteiger partial charge >= 0.3 is 5.97 Å². The van der Waals surface area contributed by atoms with Gasteiger partial charge in [-0.2, -0.15) is 0 Å². The van der Waals surface area contributed by atoms with Crippen molar-refractivity contribution in [2.75, 3.05) is 52.7 Å². The number of hydrogen-bond donors (Lipinski definition) is 1. The molecule has 0 aliphatic carbocycles. The molecule has 1 aliphatic heterocycles. The van der Waals surface area contributed by atoms with Crippen molar-refractivity contribution in [1.29, 1.82) is 0 Å². The van der Waals surface area contributed by atoms with E-state index in [2.05, 4.69) is 0 Å². The highest BCUT2D eigenvalue weighted by atomic mass is 16.5. The first-order valence-corrected chi connectivity index (χ1v) is 8.58. The Morgan fingerprint density at radius 3 is 2.24 bits per heavy atom. The number of carboxylic acid groups (broad SMARTS) is 1. The van der Waals surface area contributed by atoms with Crippen LogP contribution < -0.4 is 0 Å². The van der Waals surface area contributed by atoms with Crippen LogP contribution in [0.15, 0.2) is 0 Å². The van der Waals surface area contributed by atoms with E-state index in [1.807, 2.05) is 21.6 Å². The van der Waals surface area contributed by atoms with Crippen LogP contribution in [0.5, 0.6) is 0 Å². The number of carbonyl (C=O) groups is 3. The van der Waals surface area contributed by atoms with Crippen molar-refractivity contribution < 1.29 is 29.0 Å². The fourth-order valence-electron chi connectivity index (χ4n) is 2.95. The standard InChI is InChI=1S/C16H29N3O6/c1-15-9-18(12-25-14-21)8-7-17(11-24-13-20)5-3-2-4-6-19(15)10-16(22)23/h13-15H,2-12H2,1H3,(H,22,23). The summed E-state index contributed by atoms with van der Waals surface area (Å²) >= 11 is 0. The van der Waals surface area contributed by atoms with E-state index in [4.69, 9.17) is 14.6 Å². The largest absolute Gasteiger partial charge is 0.480 e. The van der Waals surface area contributed by atoms with Gasteiger partial charge in [0.1, 0.15) is 13.5 Å². The Balaban J connectivity index is 2.73. The van der Waals surface area contributed by atoms with Crippen LogP contribution in [-0.2, 0) is 23.9 Å². The summed E-state index contributed by atoms with van der Waals surface area (Å²) in [7, 11) is 0. The van der Waals surface area contributed by atoms with Crippen molar-refractivity contribution >= 4 is 18.9 Å². The summed E-state index contributed by atoms with van der Waals surface area (Å²) in [4.78, 5) is 38.0. The van der Waals surface area contributed by atoms with Gasteiger partial charge in [0, 0.05) is 32.2 Å². The Bertz CT molecular complexity index is 409. The Labute approximate surface area is 148 Å². The van der Waals surface area contributed by atoms with Crippen molar-refractivity contribution in [2.24, 2.45) is 0 Å². The van der Waals surface area contributed by atoms with Crippen LogP contribution in [0.3, 0.4) is 0 Å². The summed E-state index contributed by atoms with van der Waals surface area (Å²) in [5.41, 5.74) is 0. The number of nitrogens with zero attached hydrogens (tertiary/aromatic N) is 3. The Morgan fingerprint density at radius 2 is 1.60 bits per heavy atom. The van der Waals surface area contributed by atoms with Crippen molar-refractivity contribution in [2.45, 2.75) is 32.2 Å². The predicted octanol–water partition coefficient (Wildman–Crippen LogP) is -0.190. The van der Waals surface area contributed by atoms with Gasteiger partial charge in [-0.05, 0) is 26.3 Å². The summed E-state index contributed by atoms with van der Waals surface area (Å²) < 4.78 is 9.74. The highest BCUT2D eigenvalue weighted by Gasteiger charge is 2.21. The number of ether oxygens (including phenoxy) is 2. The summed E-state index contributed by atoms with van der Waals surface area (Å²) in [6, 6.07) is 0.0189. The lowest BCUT2D eigenvalue weighted by atomic mass is 10.1. The highest BCUT2D eigenvalue weighted by Crippen LogP contribution is 2.09. The highest BCUT2D eigenvalue weighted by molar-refractivity contribution is 5.69. The van der Waals surface area contributed by atoms with Crippen LogP contribution >= 0.6 is 0 Å². The lowest BCUT2D eigenvalue weighted by molar-refractivity contribution is -0.139. The third kappa shape index (κ3) is 9.37. The first-order chi connectivity index (χ1) is 12.1. The van der Waals surface area contributed by atoms with E-state index >= 15 is 0 Å². The fourth-order valence-corrected chi connectivity index (χ4v) is 2.95. The van der Waals surface area contributed by atoms with Crippen LogP contribution in [-0.4, -0.2) is 97.5 Å². The lowest BCUT2D eigenvalue weighted by Crippen LogP contribution is -2.47. The monoisotopic (exact) mass is 359 g/mol. The molecule has 0 spiro atoms. The first kappa shape index (κ1) is 21.3. The molecule has 9 heteroatoms. The molecule has 0 saturated carbocycles. The van der Waals surface area contributed by atoms with Gasteiger partial charge in [0.15, 0.2) is 0 Å². The van der Waals surface area contributed by atoms with Gasteiger partial charge in [-0.15, -0.1) is 0 Å². The number of hydrogen-bond acceptors (Lipinski definition) is 8. The zero-order chi connectivity index (χ0) is 18.5. The number of carboxylic acids is 1. The van der Waals surface area contributed by atoms with Crippen LogP contribution in [0.4, 0.5) is 0 Å². The van der Waals surface area contributed by atoms with Crippen molar-refractivity contribution in [1.82, 2.24) is 14.7 Å². The van der Waals surface area contributed by atoms with Gasteiger partial charge in [0.2, 0.25) is 0 Å². The maximum Gasteiger partial charge on any atom is 0.317 e. The molecule has 1 heterocycles. The van der Waals surface area contributed by atoms with Gasteiger partial charge in [0.25, 0.3) is 12.9 Å². The third-order valence-corrected chi connectivity index (χ3v) is 4.29. The summed E-state index contributed by atoms with van der Waals surface area (Å²) in [5.74, 6) is -0.841. The summed E-state index contributed by atoms with van der Waals surface area (Å²) in [5, 5.41) is 9.12. The molecular weight excluding hydrogens is 330 g/mol. The maximum atomic E-state index is 11.1. The quantitative estimate of drug-likeness (QED) is 0.591. The smallest absolute Gasteiger partial charge is 0.317 e. The molecule has 0 aromatic rings. The average Bonchev–Trinajstić information content (AvgIpc) is 2.57. The van der Waals surface area contributed by atoms with Crippen molar-refractivity contribution in [3.8, 4) is 0 Å². The normalized spacial score (nSPS) is 22.4. The van der Waals surface area contributed by atoms with Gasteiger partial charge in [-0.1, -0.05) is 6.42 Å². The van der Waals surface area contributed by atoms with Gasteiger partial charge in [-0.25, -0.2) is 0 Å². The fraction of sp³-hybridized carbons (Fsp3) is 0.812. The molecule has 25 heavy (non-hydrogen) atoms. The van der Waals surface area contributed by atoms with E-state index in [1.165, 1.54) is 0 Å². The molecule has 9 nitrogen and oxygen atoms in total. The van der Waals surface area contributed by atoms with E-state index in [0.717, 1.165) is 25.8 Å². The van der Waals surface area contributed by atoms with Crippen LogP contribution in [0, 0.1) is 0 Å². The SMILES string of the molecule is CC1CN(COC=O)CCN(COC=O)CCCCCN1CC(=O)O. The number of rotatable bonds is 8. The zero-order valence-electron chi connectivity index (χ0n) is 14.8. The minimum atomic E-state index is -0.841. The van der Waals surface area contributed by atoms with E-state index in [1.54, 1.807) is 0 Å². The second-order valence-corrected chi connectivity index (χ2v) is 6.25. The predicted molar refractivity (Wildman–Crippen MR) is 89.7 cm³/mol. The summed E-state index contributed by atoms with van der Waals surface area (Å²) in [6.07, 6.45) is 2.84.